The van der Waals surface area contributed by atoms with Crippen LogP contribution in [0, 0.1) is 5.82 Å². The summed E-state index contributed by atoms with van der Waals surface area (Å²) in [4.78, 5) is 4.17. The molecule has 100 valence electrons. The largest absolute Gasteiger partial charge is 0.495 e. The first-order valence-corrected chi connectivity index (χ1v) is 6.10. The summed E-state index contributed by atoms with van der Waals surface area (Å²) in [5.74, 6) is -0.0188. The van der Waals surface area contributed by atoms with Crippen molar-refractivity contribution in [1.29, 1.82) is 0 Å². The molecule has 0 aliphatic rings. The highest BCUT2D eigenvalue weighted by Gasteiger charge is 2.36. The number of aromatic nitrogens is 1. The summed E-state index contributed by atoms with van der Waals surface area (Å²) in [6.07, 6.45) is 1.85. The van der Waals surface area contributed by atoms with Crippen molar-refractivity contribution in [2.45, 2.75) is 18.9 Å². The molecule has 0 aliphatic carbocycles. The lowest BCUT2D eigenvalue weighted by atomic mass is 9.86. The molecule has 0 amide bonds. The van der Waals surface area contributed by atoms with Crippen molar-refractivity contribution >= 4 is 0 Å². The number of rotatable bonds is 4. The van der Waals surface area contributed by atoms with E-state index in [9.17, 15) is 9.50 Å². The van der Waals surface area contributed by atoms with Crippen LogP contribution in [-0.2, 0) is 5.60 Å². The van der Waals surface area contributed by atoms with Gasteiger partial charge in [0.05, 0.1) is 7.11 Å². The second kappa shape index (κ2) is 5.36. The van der Waals surface area contributed by atoms with E-state index >= 15 is 0 Å². The Morgan fingerprint density at radius 3 is 2.63 bits per heavy atom. The quantitative estimate of drug-likeness (QED) is 0.920. The zero-order valence-electron chi connectivity index (χ0n) is 10.9. The van der Waals surface area contributed by atoms with Crippen LogP contribution in [0.2, 0.25) is 0 Å². The second-order valence-corrected chi connectivity index (χ2v) is 4.25. The van der Waals surface area contributed by atoms with Crippen molar-refractivity contribution in [3.05, 3.63) is 59.7 Å². The number of methoxy groups -OCH3 is 1. The lowest BCUT2D eigenvalue weighted by Gasteiger charge is -2.28. The molecule has 0 radical (unpaired) electrons. The predicted octanol–water partition coefficient (Wildman–Crippen LogP) is 2.88. The highest BCUT2D eigenvalue weighted by atomic mass is 19.1. The van der Waals surface area contributed by atoms with Gasteiger partial charge in [-0.05, 0) is 24.6 Å². The van der Waals surface area contributed by atoms with Crippen molar-refractivity contribution in [2.24, 2.45) is 0 Å². The minimum absolute atomic E-state index is 0.203. The molecule has 0 saturated heterocycles. The molecule has 0 fully saturated rings. The van der Waals surface area contributed by atoms with E-state index in [1.54, 1.807) is 43.5 Å². The maximum atomic E-state index is 14.0. The van der Waals surface area contributed by atoms with Crippen LogP contribution in [0.25, 0.3) is 0 Å². The molecule has 0 saturated carbocycles. The Labute approximate surface area is 111 Å². The van der Waals surface area contributed by atoms with E-state index in [0.29, 0.717) is 17.9 Å². The smallest absolute Gasteiger partial charge is 0.143 e. The number of halogens is 1. The summed E-state index contributed by atoms with van der Waals surface area (Å²) in [5.41, 5.74) is -0.975. The number of nitrogens with zero attached hydrogens (tertiary/aromatic N) is 1. The molecule has 2 aromatic rings. The summed E-state index contributed by atoms with van der Waals surface area (Å²) in [5, 5.41) is 10.9. The maximum Gasteiger partial charge on any atom is 0.143 e. The first-order chi connectivity index (χ1) is 9.13. The van der Waals surface area contributed by atoms with Crippen LogP contribution in [0.4, 0.5) is 4.39 Å². The lowest BCUT2D eigenvalue weighted by molar-refractivity contribution is 0.0650. The molecule has 0 spiro atoms. The molecule has 1 heterocycles. The van der Waals surface area contributed by atoms with Crippen molar-refractivity contribution in [1.82, 2.24) is 4.98 Å². The first-order valence-electron chi connectivity index (χ1n) is 6.10. The van der Waals surface area contributed by atoms with Crippen LogP contribution in [0.1, 0.15) is 24.6 Å². The van der Waals surface area contributed by atoms with E-state index in [1.807, 2.05) is 0 Å². The van der Waals surface area contributed by atoms with Gasteiger partial charge in [0.25, 0.3) is 0 Å². The molecule has 1 unspecified atom stereocenters. The van der Waals surface area contributed by atoms with Crippen LogP contribution in [0.5, 0.6) is 5.75 Å². The van der Waals surface area contributed by atoms with Crippen molar-refractivity contribution in [3.8, 4) is 5.75 Å². The number of ether oxygens (including phenoxy) is 1. The summed E-state index contributed by atoms with van der Waals surface area (Å²) >= 11 is 0. The Hall–Kier alpha value is -1.94. The number of benzene rings is 1. The Morgan fingerprint density at radius 2 is 2.00 bits per heavy atom. The van der Waals surface area contributed by atoms with Crippen molar-refractivity contribution in [2.75, 3.05) is 7.11 Å². The molecule has 19 heavy (non-hydrogen) atoms. The van der Waals surface area contributed by atoms with E-state index < -0.39 is 11.4 Å². The van der Waals surface area contributed by atoms with Gasteiger partial charge in [-0.15, -0.1) is 0 Å². The van der Waals surface area contributed by atoms with Crippen LogP contribution >= 0.6 is 0 Å². The molecule has 1 atom stereocenters. The number of hydrogen-bond acceptors (Lipinski definition) is 3. The third-order valence-corrected chi connectivity index (χ3v) is 3.21. The molecule has 4 heteroatoms. The van der Waals surface area contributed by atoms with Crippen LogP contribution in [0.15, 0.2) is 42.6 Å². The van der Waals surface area contributed by atoms with Gasteiger partial charge in [-0.1, -0.05) is 25.1 Å². The zero-order valence-corrected chi connectivity index (χ0v) is 10.9. The Balaban J connectivity index is 2.63. The standard InChI is InChI=1S/C15H16FNO2/c1-3-15(18,11-7-4-5-8-12(11)16)14-13(19-2)9-6-10-17-14/h4-10,18H,3H2,1-2H3. The molecule has 1 aromatic heterocycles. The SMILES string of the molecule is CCC(O)(c1ccccc1F)c1ncccc1OC. The molecule has 0 aliphatic heterocycles. The fourth-order valence-corrected chi connectivity index (χ4v) is 2.15. The lowest BCUT2D eigenvalue weighted by Crippen LogP contribution is -2.29. The maximum absolute atomic E-state index is 14.0. The monoisotopic (exact) mass is 261 g/mol. The minimum atomic E-state index is -1.50. The van der Waals surface area contributed by atoms with Gasteiger partial charge in [0.1, 0.15) is 22.9 Å². The van der Waals surface area contributed by atoms with Gasteiger partial charge in [0.2, 0.25) is 0 Å². The third kappa shape index (κ3) is 2.31. The Kier molecular flexibility index (Phi) is 3.81. The van der Waals surface area contributed by atoms with Crippen LogP contribution in [0.3, 0.4) is 0 Å². The molecular weight excluding hydrogens is 245 g/mol. The van der Waals surface area contributed by atoms with E-state index in [-0.39, 0.29) is 5.56 Å². The molecule has 1 aromatic carbocycles. The van der Waals surface area contributed by atoms with Crippen molar-refractivity contribution in [3.63, 3.8) is 0 Å². The topological polar surface area (TPSA) is 42.4 Å². The van der Waals surface area contributed by atoms with Crippen molar-refractivity contribution < 1.29 is 14.2 Å². The van der Waals surface area contributed by atoms with Gasteiger partial charge in [-0.25, -0.2) is 4.39 Å². The highest BCUT2D eigenvalue weighted by molar-refractivity contribution is 5.40. The van der Waals surface area contributed by atoms with Gasteiger partial charge in [0, 0.05) is 11.8 Å². The molecule has 0 bridgehead atoms. The Bertz CT molecular complexity index is 574. The number of aliphatic hydroxyl groups is 1. The van der Waals surface area contributed by atoms with Gasteiger partial charge >= 0.3 is 0 Å². The highest BCUT2D eigenvalue weighted by Crippen LogP contribution is 2.37. The van der Waals surface area contributed by atoms with E-state index in [2.05, 4.69) is 4.98 Å². The van der Waals surface area contributed by atoms with Gasteiger partial charge < -0.3 is 9.84 Å². The predicted molar refractivity (Wildman–Crippen MR) is 70.5 cm³/mol. The average Bonchev–Trinajstić information content (AvgIpc) is 2.47. The van der Waals surface area contributed by atoms with Crippen LogP contribution in [-0.4, -0.2) is 17.2 Å². The molecule has 1 N–H and O–H groups in total. The first kappa shape index (κ1) is 13.5. The summed E-state index contributed by atoms with van der Waals surface area (Å²) in [7, 11) is 1.50. The van der Waals surface area contributed by atoms with Gasteiger partial charge in [-0.2, -0.15) is 0 Å². The minimum Gasteiger partial charge on any atom is -0.495 e. The third-order valence-electron chi connectivity index (χ3n) is 3.21. The Morgan fingerprint density at radius 1 is 1.26 bits per heavy atom. The summed E-state index contributed by atoms with van der Waals surface area (Å²) in [6, 6.07) is 9.57. The molecule has 3 nitrogen and oxygen atoms in total. The normalized spacial score (nSPS) is 13.9. The van der Waals surface area contributed by atoms with Gasteiger partial charge in [-0.3, -0.25) is 4.98 Å². The fraction of sp³-hybridized carbons (Fsp3) is 0.267. The van der Waals surface area contributed by atoms with E-state index in [1.165, 1.54) is 13.2 Å². The molecular formula is C15H16FNO2. The average molecular weight is 261 g/mol. The van der Waals surface area contributed by atoms with E-state index in [0.717, 1.165) is 0 Å². The van der Waals surface area contributed by atoms with Gasteiger partial charge in [0.15, 0.2) is 0 Å². The summed E-state index contributed by atoms with van der Waals surface area (Å²) < 4.78 is 19.2. The molecule has 2 rings (SSSR count). The van der Waals surface area contributed by atoms with E-state index in [4.69, 9.17) is 4.74 Å². The van der Waals surface area contributed by atoms with Crippen LogP contribution < -0.4 is 4.74 Å². The number of pyridine rings is 1. The zero-order chi connectivity index (χ0) is 13.9. The second-order valence-electron chi connectivity index (χ2n) is 4.25. The summed E-state index contributed by atoms with van der Waals surface area (Å²) in [6.45, 7) is 1.78. The number of hydrogen-bond donors (Lipinski definition) is 1. The fourth-order valence-electron chi connectivity index (χ4n) is 2.15.